The third kappa shape index (κ3) is 2.28. The molecule has 0 saturated carbocycles. The Kier molecular flexibility index (Phi) is 3.00. The first-order chi connectivity index (χ1) is 5.34. The summed E-state index contributed by atoms with van der Waals surface area (Å²) in [5.74, 6) is 0. The molecule has 0 spiro atoms. The van der Waals surface area contributed by atoms with E-state index < -0.39 is 0 Å². The van der Waals surface area contributed by atoms with E-state index in [4.69, 9.17) is 0 Å². The standard InChI is InChI=1S/C9H9OP/c10-7-6-9(11)8-4-2-1-3-5-8/h1-7H,11H2/b9-6-. The summed E-state index contributed by atoms with van der Waals surface area (Å²) in [6.07, 6.45) is 2.31. The van der Waals surface area contributed by atoms with Gasteiger partial charge in [0.05, 0.1) is 0 Å². The van der Waals surface area contributed by atoms with Gasteiger partial charge < -0.3 is 0 Å². The zero-order valence-corrected chi connectivity index (χ0v) is 7.18. The maximum atomic E-state index is 10.1. The first kappa shape index (κ1) is 8.16. The predicted molar refractivity (Wildman–Crippen MR) is 50.2 cm³/mol. The molecule has 56 valence electrons. The first-order valence-corrected chi connectivity index (χ1v) is 3.88. The summed E-state index contributed by atoms with van der Waals surface area (Å²) in [6, 6.07) is 9.75. The van der Waals surface area contributed by atoms with Gasteiger partial charge in [0.15, 0.2) is 0 Å². The first-order valence-electron chi connectivity index (χ1n) is 3.31. The van der Waals surface area contributed by atoms with E-state index in [0.29, 0.717) is 0 Å². The normalized spacial score (nSPS) is 11.2. The van der Waals surface area contributed by atoms with Crippen LogP contribution in [0.15, 0.2) is 36.4 Å². The number of carbonyl (C=O) groups is 1. The van der Waals surface area contributed by atoms with Crippen molar-refractivity contribution in [3.05, 3.63) is 42.0 Å². The summed E-state index contributed by atoms with van der Waals surface area (Å²) in [4.78, 5) is 10.1. The molecule has 0 aromatic heterocycles. The zero-order chi connectivity index (χ0) is 8.10. The molecule has 1 atom stereocenters. The second-order valence-corrected chi connectivity index (χ2v) is 2.75. The minimum Gasteiger partial charge on any atom is -0.299 e. The van der Waals surface area contributed by atoms with Gasteiger partial charge in [0.1, 0.15) is 6.29 Å². The van der Waals surface area contributed by atoms with Gasteiger partial charge in [0, 0.05) is 0 Å². The minimum atomic E-state index is 0.787. The van der Waals surface area contributed by atoms with E-state index in [-0.39, 0.29) is 0 Å². The van der Waals surface area contributed by atoms with Gasteiger partial charge in [-0.05, 0) is 17.0 Å². The van der Waals surface area contributed by atoms with Crippen LogP contribution in [0.1, 0.15) is 5.56 Å². The Morgan fingerprint density at radius 1 is 1.27 bits per heavy atom. The van der Waals surface area contributed by atoms with Gasteiger partial charge in [0.2, 0.25) is 0 Å². The Hall–Kier alpha value is -0.940. The highest BCUT2D eigenvalue weighted by Crippen LogP contribution is 2.19. The van der Waals surface area contributed by atoms with E-state index in [2.05, 4.69) is 9.24 Å². The van der Waals surface area contributed by atoms with Crippen LogP contribution in [0, 0.1) is 0 Å². The summed E-state index contributed by atoms with van der Waals surface area (Å²) < 4.78 is 0. The monoisotopic (exact) mass is 164 g/mol. The summed E-state index contributed by atoms with van der Waals surface area (Å²) >= 11 is 0. The van der Waals surface area contributed by atoms with Crippen molar-refractivity contribution in [3.63, 3.8) is 0 Å². The molecule has 1 unspecified atom stereocenters. The van der Waals surface area contributed by atoms with Crippen LogP contribution in [0.4, 0.5) is 0 Å². The third-order valence-electron chi connectivity index (χ3n) is 1.35. The molecule has 0 bridgehead atoms. The molecule has 0 aliphatic carbocycles. The molecule has 0 saturated heterocycles. The van der Waals surface area contributed by atoms with Crippen molar-refractivity contribution >= 4 is 20.8 Å². The summed E-state index contributed by atoms with van der Waals surface area (Å²) in [5.41, 5.74) is 1.06. The minimum absolute atomic E-state index is 0.787. The fourth-order valence-corrected chi connectivity index (χ4v) is 1.07. The SMILES string of the molecule is O=C/C=C(\P)c1ccccc1. The fourth-order valence-electron chi connectivity index (χ4n) is 0.800. The highest BCUT2D eigenvalue weighted by Gasteiger charge is 1.90. The average molecular weight is 164 g/mol. The molecule has 0 aliphatic rings. The van der Waals surface area contributed by atoms with Crippen LogP contribution in [0.5, 0.6) is 0 Å². The zero-order valence-electron chi connectivity index (χ0n) is 6.03. The number of allylic oxidation sites excluding steroid dienone is 1. The van der Waals surface area contributed by atoms with Crippen LogP contribution < -0.4 is 0 Å². The molecule has 0 aliphatic heterocycles. The quantitative estimate of drug-likeness (QED) is 0.371. The highest BCUT2D eigenvalue weighted by molar-refractivity contribution is 7.31. The molecule has 0 heterocycles. The van der Waals surface area contributed by atoms with E-state index >= 15 is 0 Å². The van der Waals surface area contributed by atoms with Crippen LogP contribution in [-0.2, 0) is 4.79 Å². The Morgan fingerprint density at radius 2 is 1.91 bits per heavy atom. The van der Waals surface area contributed by atoms with Crippen molar-refractivity contribution < 1.29 is 4.79 Å². The Morgan fingerprint density at radius 3 is 2.45 bits per heavy atom. The number of benzene rings is 1. The smallest absolute Gasteiger partial charge is 0.143 e. The van der Waals surface area contributed by atoms with E-state index in [1.54, 1.807) is 0 Å². The van der Waals surface area contributed by atoms with Gasteiger partial charge in [-0.25, -0.2) is 0 Å². The van der Waals surface area contributed by atoms with Gasteiger partial charge in [-0.1, -0.05) is 30.3 Å². The molecule has 1 aromatic rings. The summed E-state index contributed by atoms with van der Waals surface area (Å²) in [6.45, 7) is 0. The van der Waals surface area contributed by atoms with Crippen molar-refractivity contribution in [3.8, 4) is 0 Å². The van der Waals surface area contributed by atoms with Crippen molar-refractivity contribution in [1.29, 1.82) is 0 Å². The third-order valence-corrected chi connectivity index (χ3v) is 1.88. The maximum absolute atomic E-state index is 10.1. The molecular weight excluding hydrogens is 155 g/mol. The van der Waals surface area contributed by atoms with Gasteiger partial charge in [-0.2, -0.15) is 0 Å². The highest BCUT2D eigenvalue weighted by atomic mass is 31.0. The van der Waals surface area contributed by atoms with Crippen molar-refractivity contribution in [2.24, 2.45) is 0 Å². The number of hydrogen-bond acceptors (Lipinski definition) is 1. The molecule has 2 heteroatoms. The lowest BCUT2D eigenvalue weighted by atomic mass is 10.2. The number of carbonyl (C=O) groups excluding carboxylic acids is 1. The van der Waals surface area contributed by atoms with Gasteiger partial charge in [0.25, 0.3) is 0 Å². The van der Waals surface area contributed by atoms with E-state index in [9.17, 15) is 4.79 Å². The lowest BCUT2D eigenvalue weighted by Gasteiger charge is -1.96. The van der Waals surface area contributed by atoms with Crippen LogP contribution >= 0.6 is 9.24 Å². The average Bonchev–Trinajstić information content (AvgIpc) is 2.07. The van der Waals surface area contributed by atoms with Gasteiger partial charge in [-0.15, -0.1) is 9.24 Å². The Labute approximate surface area is 68.3 Å². The molecule has 1 rings (SSSR count). The molecule has 0 radical (unpaired) electrons. The largest absolute Gasteiger partial charge is 0.299 e. The van der Waals surface area contributed by atoms with E-state index in [1.165, 1.54) is 6.08 Å². The lowest BCUT2D eigenvalue weighted by Crippen LogP contribution is -1.74. The fraction of sp³-hybridized carbons (Fsp3) is 0. The predicted octanol–water partition coefficient (Wildman–Crippen LogP) is 2.10. The second-order valence-electron chi connectivity index (χ2n) is 2.12. The maximum Gasteiger partial charge on any atom is 0.143 e. The van der Waals surface area contributed by atoms with Crippen LogP contribution in [0.3, 0.4) is 0 Å². The van der Waals surface area contributed by atoms with E-state index in [0.717, 1.165) is 17.2 Å². The van der Waals surface area contributed by atoms with Crippen LogP contribution in [0.2, 0.25) is 0 Å². The summed E-state index contributed by atoms with van der Waals surface area (Å²) in [5, 5.41) is 0.917. The Bertz CT molecular complexity index is 264. The van der Waals surface area contributed by atoms with Crippen molar-refractivity contribution in [1.82, 2.24) is 0 Å². The molecule has 0 N–H and O–H groups in total. The number of rotatable bonds is 2. The van der Waals surface area contributed by atoms with Crippen molar-refractivity contribution in [2.75, 3.05) is 0 Å². The molecule has 1 aromatic carbocycles. The molecular formula is C9H9OP. The van der Waals surface area contributed by atoms with E-state index in [1.807, 2.05) is 30.3 Å². The molecule has 11 heavy (non-hydrogen) atoms. The van der Waals surface area contributed by atoms with Gasteiger partial charge >= 0.3 is 0 Å². The molecule has 0 fully saturated rings. The molecule has 0 amide bonds. The van der Waals surface area contributed by atoms with Crippen molar-refractivity contribution in [2.45, 2.75) is 0 Å². The second kappa shape index (κ2) is 4.05. The number of aldehydes is 1. The van der Waals surface area contributed by atoms with Gasteiger partial charge in [-0.3, -0.25) is 4.79 Å². The summed E-state index contributed by atoms with van der Waals surface area (Å²) in [7, 11) is 2.52. The molecule has 1 nitrogen and oxygen atoms in total. The van der Waals surface area contributed by atoms with Crippen LogP contribution in [0.25, 0.3) is 5.31 Å². The Balaban J connectivity index is 2.94. The number of hydrogen-bond donors (Lipinski definition) is 0. The lowest BCUT2D eigenvalue weighted by molar-refractivity contribution is -0.104. The van der Waals surface area contributed by atoms with Crippen LogP contribution in [-0.4, -0.2) is 6.29 Å². The topological polar surface area (TPSA) is 17.1 Å².